The maximum atomic E-state index is 17.1. The summed E-state index contributed by atoms with van der Waals surface area (Å²) in [6, 6.07) is 11.6. The second-order valence-corrected chi connectivity index (χ2v) is 19.9. The molecule has 5 saturated heterocycles. The number of phenols is 1. The van der Waals surface area contributed by atoms with Crippen molar-refractivity contribution in [2.75, 3.05) is 62.2 Å². The molecule has 66 heavy (non-hydrogen) atoms. The van der Waals surface area contributed by atoms with Crippen molar-refractivity contribution >= 4 is 50.9 Å². The van der Waals surface area contributed by atoms with Crippen molar-refractivity contribution < 1.29 is 33.0 Å². The highest BCUT2D eigenvalue weighted by atomic mass is 19.1. The van der Waals surface area contributed by atoms with E-state index in [0.29, 0.717) is 66.9 Å². The number of piperidine rings is 2. The molecule has 3 atom stereocenters. The van der Waals surface area contributed by atoms with Gasteiger partial charge in [-0.2, -0.15) is 9.97 Å². The number of piperazine rings is 1. The lowest BCUT2D eigenvalue weighted by molar-refractivity contribution is -0.136. The number of hydrogen-bond donors (Lipinski definition) is 3. The number of hydrogen-bond acceptors (Lipinski definition) is 12. The Morgan fingerprint density at radius 3 is 2.45 bits per heavy atom. The molecule has 2 bridgehead atoms. The van der Waals surface area contributed by atoms with Gasteiger partial charge in [-0.1, -0.05) is 12.0 Å². The van der Waals surface area contributed by atoms with Crippen LogP contribution >= 0.6 is 0 Å². The monoisotopic (exact) mass is 893 g/mol. The Morgan fingerprint density at radius 1 is 0.924 bits per heavy atom. The minimum absolute atomic E-state index is 0.0318. The topological polar surface area (TPSA) is 156 Å². The summed E-state index contributed by atoms with van der Waals surface area (Å²) < 4.78 is 38.6. The third-order valence-corrected chi connectivity index (χ3v) is 15.5. The summed E-state index contributed by atoms with van der Waals surface area (Å²) in [7, 11) is 0. The van der Waals surface area contributed by atoms with E-state index in [4.69, 9.17) is 21.1 Å². The van der Waals surface area contributed by atoms with E-state index >= 15 is 8.78 Å². The number of aromatic hydroxyl groups is 1. The van der Waals surface area contributed by atoms with E-state index in [1.807, 2.05) is 12.1 Å². The number of likely N-dealkylation sites (tertiary alicyclic amines) is 1. The molecule has 12 rings (SSSR count). The van der Waals surface area contributed by atoms with E-state index < -0.39 is 23.6 Å². The third kappa shape index (κ3) is 6.97. The van der Waals surface area contributed by atoms with Crippen molar-refractivity contribution in [3.8, 4) is 35.4 Å². The average Bonchev–Trinajstić information content (AvgIpc) is 3.88. The summed E-state index contributed by atoms with van der Waals surface area (Å²) in [5, 5.41) is 17.9. The van der Waals surface area contributed by atoms with Gasteiger partial charge in [0.15, 0.2) is 5.82 Å². The van der Waals surface area contributed by atoms with Gasteiger partial charge in [0.1, 0.15) is 34.6 Å². The molecular formula is C50H49F2N9O5. The number of aromatic nitrogens is 3. The molecule has 2 aromatic heterocycles. The van der Waals surface area contributed by atoms with E-state index in [2.05, 4.69) is 42.3 Å². The van der Waals surface area contributed by atoms with Crippen LogP contribution in [0.25, 0.3) is 32.9 Å². The Hall–Kier alpha value is -6.44. The van der Waals surface area contributed by atoms with Crippen molar-refractivity contribution in [3.05, 3.63) is 77.0 Å². The Balaban J connectivity index is 0.736. The number of carbonyl (C=O) groups is 3. The van der Waals surface area contributed by atoms with Crippen LogP contribution in [0.5, 0.6) is 11.8 Å². The number of imide groups is 1. The quantitative estimate of drug-likeness (QED) is 0.130. The number of nitrogens with zero attached hydrogens (tertiary/aromatic N) is 7. The second kappa shape index (κ2) is 15.3. The van der Waals surface area contributed by atoms with Crippen LogP contribution in [0.15, 0.2) is 48.7 Å². The lowest BCUT2D eigenvalue weighted by Crippen LogP contribution is -2.60. The van der Waals surface area contributed by atoms with E-state index in [-0.39, 0.29) is 68.5 Å². The third-order valence-electron chi connectivity index (χ3n) is 15.5. The number of nitrogens with one attached hydrogen (secondary N) is 2. The highest BCUT2D eigenvalue weighted by Gasteiger charge is 2.49. The molecule has 7 aliphatic rings. The van der Waals surface area contributed by atoms with Crippen LogP contribution in [0.2, 0.25) is 0 Å². The Morgan fingerprint density at radius 2 is 1.71 bits per heavy atom. The number of ether oxygens (including phenoxy) is 1. The first kappa shape index (κ1) is 41.0. The van der Waals surface area contributed by atoms with Crippen molar-refractivity contribution in [1.29, 1.82) is 0 Å². The molecule has 6 aliphatic heterocycles. The van der Waals surface area contributed by atoms with E-state index in [0.717, 1.165) is 82.5 Å². The zero-order chi connectivity index (χ0) is 45.1. The van der Waals surface area contributed by atoms with Gasteiger partial charge < -0.3 is 34.8 Å². The molecule has 14 nitrogen and oxygen atoms in total. The highest BCUT2D eigenvalue weighted by molar-refractivity contribution is 6.06. The van der Waals surface area contributed by atoms with Gasteiger partial charge in [-0.05, 0) is 105 Å². The molecule has 1 aliphatic carbocycles. The van der Waals surface area contributed by atoms with E-state index in [1.165, 1.54) is 24.3 Å². The van der Waals surface area contributed by atoms with Crippen LogP contribution in [0.4, 0.5) is 20.3 Å². The zero-order valence-corrected chi connectivity index (χ0v) is 36.4. The van der Waals surface area contributed by atoms with Gasteiger partial charge >= 0.3 is 6.01 Å². The molecule has 8 heterocycles. The number of pyridine rings is 1. The minimum Gasteiger partial charge on any atom is -0.508 e. The van der Waals surface area contributed by atoms with Crippen LogP contribution in [-0.4, -0.2) is 118 Å². The van der Waals surface area contributed by atoms with Gasteiger partial charge in [0.25, 0.3) is 5.91 Å². The number of fused-ring (bicyclic) bond motifs is 5. The lowest BCUT2D eigenvalue weighted by Gasteiger charge is -2.55. The fourth-order valence-electron chi connectivity index (χ4n) is 11.7. The molecule has 1 spiro atoms. The van der Waals surface area contributed by atoms with Crippen molar-refractivity contribution in [3.63, 3.8) is 0 Å². The Labute approximate surface area is 379 Å². The van der Waals surface area contributed by atoms with Crippen LogP contribution in [0.1, 0.15) is 72.9 Å². The molecular weight excluding hydrogens is 845 g/mol. The first-order chi connectivity index (χ1) is 31.9. The zero-order valence-electron chi connectivity index (χ0n) is 36.4. The maximum absolute atomic E-state index is 17.1. The number of carbonyl (C=O) groups excluding carboxylic acids is 3. The molecule has 3 aromatic carbocycles. The fourth-order valence-corrected chi connectivity index (χ4v) is 11.7. The number of terminal acetylenes is 1. The number of anilines is 2. The predicted octanol–water partition coefficient (Wildman–Crippen LogP) is 5.27. The molecule has 338 valence electrons. The summed E-state index contributed by atoms with van der Waals surface area (Å²) in [5.74, 6) is 0.609. The molecule has 5 aromatic rings. The number of amides is 3. The SMILES string of the molecule is C#Cc1c(F)ccc2cc(O)cc(-c3ncc4c(N5CC6CCC(C5)N6)nc(OCC5(CN6CCC7(CC6)CN(c6ccc8c(c6)CN(C6CCC(=O)NC6=O)C8=O)C7)CC5)nc4c3F)c12. The smallest absolute Gasteiger partial charge is 0.319 e. The van der Waals surface area contributed by atoms with E-state index in [1.54, 1.807) is 11.1 Å². The van der Waals surface area contributed by atoms with Crippen molar-refractivity contribution in [2.24, 2.45) is 10.8 Å². The van der Waals surface area contributed by atoms with E-state index in [9.17, 15) is 19.5 Å². The maximum Gasteiger partial charge on any atom is 0.319 e. The van der Waals surface area contributed by atoms with Gasteiger partial charge in [-0.15, -0.1) is 6.42 Å². The molecule has 6 fully saturated rings. The number of benzene rings is 3. The molecule has 3 N–H and O–H groups in total. The Bertz CT molecular complexity index is 2930. The highest BCUT2D eigenvalue weighted by Crippen LogP contribution is 2.49. The largest absolute Gasteiger partial charge is 0.508 e. The van der Waals surface area contributed by atoms with Crippen LogP contribution in [0, 0.1) is 34.8 Å². The first-order valence-corrected chi connectivity index (χ1v) is 23.1. The first-order valence-electron chi connectivity index (χ1n) is 23.1. The molecule has 16 heteroatoms. The van der Waals surface area contributed by atoms with Crippen molar-refractivity contribution in [2.45, 2.75) is 76.0 Å². The summed E-state index contributed by atoms with van der Waals surface area (Å²) in [6.07, 6.45) is 14.2. The van der Waals surface area contributed by atoms with Crippen LogP contribution < -0.4 is 25.2 Å². The standard InChI is InChI=1S/C50H49F2N9O5/c1-2-34-38(51)8-3-28-18-33(62)19-36(41(28)34)43-42(52)44-37(20-53-43)45(59-22-30-4-5-31(23-59)54-30)57-48(56-44)66-27-50(11-12-50)24-58-15-13-49(14-16-58)25-60(26-49)32-6-7-35-29(17-32)21-61(47(35)65)39-9-10-40(63)55-46(39)64/h1,3,6-8,17-20,30-31,39,54,62H,4-5,9-16,21-27H2,(H,55,63,64). The number of rotatable bonds is 9. The number of phenolic OH excluding ortho intramolecular Hbond substituents is 1. The van der Waals surface area contributed by atoms with Gasteiger partial charge in [0, 0.05) is 97.0 Å². The predicted molar refractivity (Wildman–Crippen MR) is 242 cm³/mol. The normalized spacial score (nSPS) is 24.2. The molecule has 0 radical (unpaired) electrons. The van der Waals surface area contributed by atoms with Crippen LogP contribution in [-0.2, 0) is 16.1 Å². The summed E-state index contributed by atoms with van der Waals surface area (Å²) >= 11 is 0. The lowest BCUT2D eigenvalue weighted by atomic mass is 9.71. The van der Waals surface area contributed by atoms with Crippen molar-refractivity contribution in [1.82, 2.24) is 35.4 Å². The number of halogens is 2. The van der Waals surface area contributed by atoms with Gasteiger partial charge in [0.2, 0.25) is 11.8 Å². The molecule has 3 amide bonds. The summed E-state index contributed by atoms with van der Waals surface area (Å²) in [6.45, 7) is 6.90. The van der Waals surface area contributed by atoms with Gasteiger partial charge in [-0.25, -0.2) is 8.78 Å². The van der Waals surface area contributed by atoms with Gasteiger partial charge in [-0.3, -0.25) is 24.7 Å². The fraction of sp³-hybridized carbons (Fsp3) is 0.440. The molecule has 3 unspecified atom stereocenters. The summed E-state index contributed by atoms with van der Waals surface area (Å²) in [4.78, 5) is 60.4. The second-order valence-electron chi connectivity index (χ2n) is 19.9. The van der Waals surface area contributed by atoms with Gasteiger partial charge in [0.05, 0.1) is 17.6 Å². The Kier molecular flexibility index (Phi) is 9.52. The molecule has 1 saturated carbocycles. The van der Waals surface area contributed by atoms with Crippen LogP contribution in [0.3, 0.4) is 0 Å². The summed E-state index contributed by atoms with van der Waals surface area (Å²) in [5.41, 5.74) is 2.84. The average molecular weight is 894 g/mol. The minimum atomic E-state index is -0.737.